The first-order valence-corrected chi connectivity index (χ1v) is 9.76. The first-order valence-electron chi connectivity index (χ1n) is 9.76. The van der Waals surface area contributed by atoms with E-state index in [1.165, 1.54) is 6.07 Å². The monoisotopic (exact) mass is 422 g/mol. The van der Waals surface area contributed by atoms with Crippen LogP contribution in [0.25, 0.3) is 21.9 Å². The van der Waals surface area contributed by atoms with E-state index in [-0.39, 0.29) is 35.0 Å². The lowest BCUT2D eigenvalue weighted by Gasteiger charge is -2.10. The number of hydrogen-bond donors (Lipinski definition) is 4. The van der Waals surface area contributed by atoms with Crippen LogP contribution in [0.1, 0.15) is 16.7 Å². The van der Waals surface area contributed by atoms with Crippen molar-refractivity contribution in [3.63, 3.8) is 0 Å². The number of phenols is 2. The molecule has 0 atom stereocenters. The van der Waals surface area contributed by atoms with Crippen molar-refractivity contribution in [1.29, 1.82) is 0 Å². The molecule has 2 aromatic heterocycles. The highest BCUT2D eigenvalue weighted by molar-refractivity contribution is 5.90. The van der Waals surface area contributed by atoms with E-state index in [0.29, 0.717) is 23.9 Å². The number of benzene rings is 2. The number of methoxy groups -OCH3 is 1. The highest BCUT2D eigenvalue weighted by atomic mass is 16.5. The molecule has 160 valence electrons. The van der Waals surface area contributed by atoms with E-state index in [1.54, 1.807) is 14.0 Å². The van der Waals surface area contributed by atoms with Crippen LogP contribution in [0.5, 0.6) is 17.2 Å². The van der Waals surface area contributed by atoms with Gasteiger partial charge in [0, 0.05) is 35.8 Å². The van der Waals surface area contributed by atoms with Crippen molar-refractivity contribution in [2.75, 3.05) is 13.7 Å². The fourth-order valence-corrected chi connectivity index (χ4v) is 3.77. The van der Waals surface area contributed by atoms with Crippen molar-refractivity contribution >= 4 is 27.8 Å². The Balaban J connectivity index is 1.47. The van der Waals surface area contributed by atoms with E-state index in [1.807, 2.05) is 24.4 Å². The molecule has 0 radical (unpaired) electrons. The van der Waals surface area contributed by atoms with E-state index in [0.717, 1.165) is 28.3 Å². The molecule has 0 aliphatic heterocycles. The number of nitrogens with one attached hydrogen (secondary N) is 2. The fraction of sp³-hybridized carbons (Fsp3) is 0.217. The standard InChI is InChI=1S/C23H22N2O6/c1-12-16(23(29)31-20-8-14(26)7-19(27)22(12)20)10-21(28)24-6-5-13-11-25-18-4-3-15(30-2)9-17(13)18/h3-4,7-9,11,25-27H,5-6,10H2,1-2H3,(H,24,28). The van der Waals surface area contributed by atoms with Gasteiger partial charge in [0.05, 0.1) is 24.5 Å². The van der Waals surface area contributed by atoms with Gasteiger partial charge in [0.15, 0.2) is 0 Å². The number of carbonyl (C=O) groups excluding carboxylic acids is 1. The summed E-state index contributed by atoms with van der Waals surface area (Å²) in [6.07, 6.45) is 2.33. The van der Waals surface area contributed by atoms with Gasteiger partial charge in [0.2, 0.25) is 5.91 Å². The van der Waals surface area contributed by atoms with Gasteiger partial charge in [-0.15, -0.1) is 0 Å². The number of ether oxygens (including phenoxy) is 1. The Kier molecular flexibility index (Phi) is 5.29. The van der Waals surface area contributed by atoms with Crippen LogP contribution in [-0.2, 0) is 17.6 Å². The zero-order chi connectivity index (χ0) is 22.1. The van der Waals surface area contributed by atoms with Gasteiger partial charge < -0.3 is 29.7 Å². The lowest BCUT2D eigenvalue weighted by Crippen LogP contribution is -2.29. The van der Waals surface area contributed by atoms with Crippen LogP contribution in [0.15, 0.2) is 45.7 Å². The molecule has 0 bridgehead atoms. The van der Waals surface area contributed by atoms with Crippen LogP contribution < -0.4 is 15.7 Å². The Morgan fingerprint density at radius 3 is 2.81 bits per heavy atom. The number of rotatable bonds is 6. The van der Waals surface area contributed by atoms with Crippen molar-refractivity contribution in [3.05, 3.63) is 63.6 Å². The molecule has 4 aromatic rings. The zero-order valence-corrected chi connectivity index (χ0v) is 17.1. The summed E-state index contributed by atoms with van der Waals surface area (Å²) in [6, 6.07) is 8.17. The third kappa shape index (κ3) is 3.92. The molecule has 0 saturated carbocycles. The molecular weight excluding hydrogens is 400 g/mol. The Morgan fingerprint density at radius 2 is 2.03 bits per heavy atom. The number of aromatic nitrogens is 1. The van der Waals surface area contributed by atoms with Gasteiger partial charge in [-0.25, -0.2) is 4.79 Å². The third-order valence-electron chi connectivity index (χ3n) is 5.37. The second-order valence-electron chi connectivity index (χ2n) is 7.33. The van der Waals surface area contributed by atoms with Gasteiger partial charge in [0.1, 0.15) is 22.8 Å². The number of H-pyrrole nitrogens is 1. The molecular formula is C23H22N2O6. The molecule has 4 rings (SSSR count). The molecule has 4 N–H and O–H groups in total. The summed E-state index contributed by atoms with van der Waals surface area (Å²) in [4.78, 5) is 28.0. The van der Waals surface area contributed by atoms with Gasteiger partial charge in [-0.3, -0.25) is 4.79 Å². The van der Waals surface area contributed by atoms with Gasteiger partial charge in [-0.05, 0) is 42.7 Å². The quantitative estimate of drug-likeness (QED) is 0.354. The van der Waals surface area contributed by atoms with Crippen LogP contribution in [0.3, 0.4) is 0 Å². The van der Waals surface area contributed by atoms with E-state index in [4.69, 9.17) is 9.15 Å². The summed E-state index contributed by atoms with van der Waals surface area (Å²) in [5.41, 5.74) is 2.04. The smallest absolute Gasteiger partial charge is 0.340 e. The van der Waals surface area contributed by atoms with Gasteiger partial charge in [0.25, 0.3) is 0 Å². The summed E-state index contributed by atoms with van der Waals surface area (Å²) in [6.45, 7) is 2.03. The Hall–Kier alpha value is -3.94. The number of fused-ring (bicyclic) bond motifs is 2. The van der Waals surface area contributed by atoms with Crippen molar-refractivity contribution in [3.8, 4) is 17.2 Å². The van der Waals surface area contributed by atoms with E-state index < -0.39 is 5.63 Å². The average Bonchev–Trinajstić information content (AvgIpc) is 3.12. The lowest BCUT2D eigenvalue weighted by molar-refractivity contribution is -0.120. The Bertz CT molecular complexity index is 1350. The van der Waals surface area contributed by atoms with Crippen LogP contribution in [0, 0.1) is 6.92 Å². The SMILES string of the molecule is COc1ccc2[nH]cc(CCNC(=O)Cc3c(C)c4c(O)cc(O)cc4oc3=O)c2c1. The van der Waals surface area contributed by atoms with Crippen molar-refractivity contribution in [1.82, 2.24) is 10.3 Å². The highest BCUT2D eigenvalue weighted by Crippen LogP contribution is 2.32. The summed E-state index contributed by atoms with van der Waals surface area (Å²) in [7, 11) is 1.61. The first kappa shape index (κ1) is 20.3. The third-order valence-corrected chi connectivity index (χ3v) is 5.37. The van der Waals surface area contributed by atoms with Crippen LogP contribution in [0.4, 0.5) is 0 Å². The molecule has 31 heavy (non-hydrogen) atoms. The van der Waals surface area contributed by atoms with Gasteiger partial charge in [-0.1, -0.05) is 0 Å². The van der Waals surface area contributed by atoms with Gasteiger partial charge >= 0.3 is 5.63 Å². The molecule has 0 aliphatic rings. The van der Waals surface area contributed by atoms with Crippen molar-refractivity contribution in [2.24, 2.45) is 0 Å². The minimum Gasteiger partial charge on any atom is -0.508 e. The highest BCUT2D eigenvalue weighted by Gasteiger charge is 2.18. The Morgan fingerprint density at radius 1 is 1.23 bits per heavy atom. The predicted octanol–water partition coefficient (Wildman–Crippen LogP) is 2.90. The van der Waals surface area contributed by atoms with Gasteiger partial charge in [-0.2, -0.15) is 0 Å². The van der Waals surface area contributed by atoms with Crippen LogP contribution >= 0.6 is 0 Å². The first-order chi connectivity index (χ1) is 14.9. The minimum absolute atomic E-state index is 0.0684. The van der Waals surface area contributed by atoms with E-state index >= 15 is 0 Å². The minimum atomic E-state index is -0.672. The molecule has 0 fully saturated rings. The molecule has 0 aliphatic carbocycles. The normalized spacial score (nSPS) is 11.2. The molecule has 1 amide bonds. The maximum absolute atomic E-state index is 12.5. The number of aromatic amines is 1. The molecule has 0 spiro atoms. The number of aryl methyl sites for hydroxylation is 1. The van der Waals surface area contributed by atoms with E-state index in [9.17, 15) is 19.8 Å². The maximum Gasteiger partial charge on any atom is 0.340 e. The second kappa shape index (κ2) is 8.06. The topological polar surface area (TPSA) is 125 Å². The number of aromatic hydroxyl groups is 2. The number of amides is 1. The summed E-state index contributed by atoms with van der Waals surface area (Å²) in [5.74, 6) is -0.00137. The molecule has 2 heterocycles. The van der Waals surface area contributed by atoms with Crippen LogP contribution in [0.2, 0.25) is 0 Å². The average molecular weight is 422 g/mol. The van der Waals surface area contributed by atoms with E-state index in [2.05, 4.69) is 10.3 Å². The molecule has 8 nitrogen and oxygen atoms in total. The molecule has 0 saturated heterocycles. The Labute approximate surface area is 177 Å². The summed E-state index contributed by atoms with van der Waals surface area (Å²) >= 11 is 0. The molecule has 0 unspecified atom stereocenters. The van der Waals surface area contributed by atoms with Crippen molar-refractivity contribution < 1.29 is 24.2 Å². The lowest BCUT2D eigenvalue weighted by atomic mass is 10.0. The predicted molar refractivity (Wildman–Crippen MR) is 116 cm³/mol. The van der Waals surface area contributed by atoms with Crippen LogP contribution in [-0.4, -0.2) is 34.8 Å². The summed E-state index contributed by atoms with van der Waals surface area (Å²) < 4.78 is 10.5. The fourth-order valence-electron chi connectivity index (χ4n) is 3.77. The number of phenolic OH excluding ortho intramolecular Hbond substituents is 2. The van der Waals surface area contributed by atoms with Crippen molar-refractivity contribution in [2.45, 2.75) is 19.8 Å². The largest absolute Gasteiger partial charge is 0.508 e. The number of hydrogen-bond acceptors (Lipinski definition) is 6. The second-order valence-corrected chi connectivity index (χ2v) is 7.33. The summed E-state index contributed by atoms with van der Waals surface area (Å²) in [5, 5.41) is 23.8. The maximum atomic E-state index is 12.5. The number of carbonyl (C=O) groups is 1. The molecule has 8 heteroatoms. The molecule has 2 aromatic carbocycles. The zero-order valence-electron chi connectivity index (χ0n) is 17.1.